The summed E-state index contributed by atoms with van der Waals surface area (Å²) in [5, 5.41) is 8.37. The third kappa shape index (κ3) is 3.58. The minimum atomic E-state index is 0.0757. The lowest BCUT2D eigenvalue weighted by Crippen LogP contribution is -2.46. The van der Waals surface area contributed by atoms with Crippen molar-refractivity contribution in [2.75, 3.05) is 6.54 Å². The van der Waals surface area contributed by atoms with E-state index in [9.17, 15) is 4.79 Å². The lowest BCUT2D eigenvalue weighted by atomic mass is 10.0. The average molecular weight is 337 g/mol. The van der Waals surface area contributed by atoms with Crippen molar-refractivity contribution in [3.8, 4) is 0 Å². The SMILES string of the molecule is Cc1cnn(C[C@H]2CCCCN2C(=O)Cc2c(C)noc2Cl)c1. The molecule has 3 heterocycles. The van der Waals surface area contributed by atoms with Crippen molar-refractivity contribution in [1.82, 2.24) is 19.8 Å². The quantitative estimate of drug-likeness (QED) is 0.861. The fourth-order valence-electron chi connectivity index (χ4n) is 3.11. The first-order valence-electron chi connectivity index (χ1n) is 7.94. The molecular formula is C16H21ClN4O2. The molecule has 0 N–H and O–H groups in total. The van der Waals surface area contributed by atoms with Gasteiger partial charge in [0.2, 0.25) is 11.1 Å². The van der Waals surface area contributed by atoms with Gasteiger partial charge in [0, 0.05) is 18.3 Å². The van der Waals surface area contributed by atoms with Crippen LogP contribution < -0.4 is 0 Å². The fourth-order valence-corrected chi connectivity index (χ4v) is 3.35. The van der Waals surface area contributed by atoms with Crippen LogP contribution in [0.4, 0.5) is 0 Å². The summed E-state index contributed by atoms with van der Waals surface area (Å²) in [6, 6.07) is 0.175. The summed E-state index contributed by atoms with van der Waals surface area (Å²) in [7, 11) is 0. The summed E-state index contributed by atoms with van der Waals surface area (Å²) >= 11 is 5.98. The number of rotatable bonds is 4. The largest absolute Gasteiger partial charge is 0.344 e. The van der Waals surface area contributed by atoms with Crippen molar-refractivity contribution >= 4 is 17.5 Å². The van der Waals surface area contributed by atoms with Gasteiger partial charge in [0.25, 0.3) is 0 Å². The summed E-state index contributed by atoms with van der Waals surface area (Å²) < 4.78 is 6.86. The first-order chi connectivity index (χ1) is 11.0. The molecule has 1 saturated heterocycles. The van der Waals surface area contributed by atoms with Gasteiger partial charge in [0.05, 0.1) is 30.9 Å². The lowest BCUT2D eigenvalue weighted by molar-refractivity contribution is -0.134. The number of amides is 1. The molecule has 2 aromatic rings. The number of hydrogen-bond donors (Lipinski definition) is 0. The number of carbonyl (C=O) groups excluding carboxylic acids is 1. The zero-order valence-electron chi connectivity index (χ0n) is 13.5. The normalized spacial score (nSPS) is 18.4. The third-order valence-corrected chi connectivity index (χ3v) is 4.67. The maximum absolute atomic E-state index is 12.7. The Morgan fingerprint density at radius 3 is 2.91 bits per heavy atom. The Balaban J connectivity index is 1.71. The van der Waals surface area contributed by atoms with Crippen molar-refractivity contribution in [3.63, 3.8) is 0 Å². The molecule has 0 bridgehead atoms. The van der Waals surface area contributed by atoms with Crippen LogP contribution in [-0.4, -0.2) is 38.3 Å². The first kappa shape index (κ1) is 16.1. The van der Waals surface area contributed by atoms with E-state index in [-0.39, 0.29) is 23.6 Å². The van der Waals surface area contributed by atoms with E-state index in [1.54, 1.807) is 6.92 Å². The second-order valence-corrected chi connectivity index (χ2v) is 6.52. The molecule has 1 aliphatic heterocycles. The summed E-state index contributed by atoms with van der Waals surface area (Å²) in [6.45, 7) is 5.34. The molecule has 0 aliphatic carbocycles. The van der Waals surface area contributed by atoms with Gasteiger partial charge in [-0.3, -0.25) is 9.48 Å². The zero-order chi connectivity index (χ0) is 16.4. The number of nitrogens with zero attached hydrogens (tertiary/aromatic N) is 4. The van der Waals surface area contributed by atoms with E-state index in [0.29, 0.717) is 11.3 Å². The number of aryl methyl sites for hydroxylation is 2. The minimum absolute atomic E-state index is 0.0757. The molecule has 23 heavy (non-hydrogen) atoms. The molecule has 7 heteroatoms. The monoisotopic (exact) mass is 336 g/mol. The lowest BCUT2D eigenvalue weighted by Gasteiger charge is -2.35. The maximum Gasteiger partial charge on any atom is 0.229 e. The number of piperidine rings is 1. The molecule has 1 amide bonds. The highest BCUT2D eigenvalue weighted by Gasteiger charge is 2.28. The maximum atomic E-state index is 12.7. The number of carbonyl (C=O) groups is 1. The number of hydrogen-bond acceptors (Lipinski definition) is 4. The summed E-state index contributed by atoms with van der Waals surface area (Å²) in [4.78, 5) is 14.7. The van der Waals surface area contributed by atoms with Gasteiger partial charge in [-0.15, -0.1) is 0 Å². The van der Waals surface area contributed by atoms with Crippen LogP contribution >= 0.6 is 11.6 Å². The Morgan fingerprint density at radius 2 is 2.26 bits per heavy atom. The van der Waals surface area contributed by atoms with Crippen LogP contribution in [0.2, 0.25) is 5.22 Å². The summed E-state index contributed by atoms with van der Waals surface area (Å²) in [5.74, 6) is 0.0757. The van der Waals surface area contributed by atoms with E-state index in [4.69, 9.17) is 16.1 Å². The van der Waals surface area contributed by atoms with Crippen molar-refractivity contribution < 1.29 is 9.32 Å². The Morgan fingerprint density at radius 1 is 1.43 bits per heavy atom. The second kappa shape index (κ2) is 6.74. The zero-order valence-corrected chi connectivity index (χ0v) is 14.2. The number of aromatic nitrogens is 3. The Labute approximate surface area is 140 Å². The van der Waals surface area contributed by atoms with Crippen LogP contribution in [0.1, 0.15) is 36.1 Å². The van der Waals surface area contributed by atoms with Crippen LogP contribution in [-0.2, 0) is 17.8 Å². The minimum Gasteiger partial charge on any atom is -0.344 e. The summed E-state index contributed by atoms with van der Waals surface area (Å²) in [6.07, 6.45) is 7.27. The molecule has 0 saturated carbocycles. The Bertz CT molecular complexity index is 675. The molecular weight excluding hydrogens is 316 g/mol. The third-order valence-electron chi connectivity index (χ3n) is 4.37. The molecule has 0 spiro atoms. The fraction of sp³-hybridized carbons (Fsp3) is 0.562. The second-order valence-electron chi connectivity index (χ2n) is 6.17. The van der Waals surface area contributed by atoms with Gasteiger partial charge >= 0.3 is 0 Å². The number of halogens is 1. The molecule has 1 atom stereocenters. The molecule has 1 aliphatic rings. The standard InChI is InChI=1S/C16H21ClN4O2/c1-11-8-18-20(9-11)10-13-5-3-4-6-21(13)15(22)7-14-12(2)19-23-16(14)17/h8-9,13H,3-7,10H2,1-2H3/t13-/m1/s1. The predicted molar refractivity (Wildman–Crippen MR) is 86.3 cm³/mol. The van der Waals surface area contributed by atoms with Gasteiger partial charge in [-0.05, 0) is 50.3 Å². The highest BCUT2D eigenvalue weighted by molar-refractivity contribution is 6.29. The molecule has 3 rings (SSSR count). The van der Waals surface area contributed by atoms with E-state index < -0.39 is 0 Å². The highest BCUT2D eigenvalue weighted by Crippen LogP contribution is 2.23. The van der Waals surface area contributed by atoms with Crippen molar-refractivity contribution in [2.45, 2.75) is 52.1 Å². The average Bonchev–Trinajstić information content (AvgIpc) is 3.08. The topological polar surface area (TPSA) is 64.2 Å². The van der Waals surface area contributed by atoms with Crippen molar-refractivity contribution in [2.24, 2.45) is 0 Å². The highest BCUT2D eigenvalue weighted by atomic mass is 35.5. The van der Waals surface area contributed by atoms with Crippen LogP contribution in [0, 0.1) is 13.8 Å². The molecule has 0 radical (unpaired) electrons. The van der Waals surface area contributed by atoms with E-state index >= 15 is 0 Å². The van der Waals surface area contributed by atoms with Crippen LogP contribution in [0.5, 0.6) is 0 Å². The van der Waals surface area contributed by atoms with E-state index in [1.165, 1.54) is 0 Å². The van der Waals surface area contributed by atoms with Gasteiger partial charge in [-0.25, -0.2) is 0 Å². The van der Waals surface area contributed by atoms with Gasteiger partial charge in [0.1, 0.15) is 0 Å². The summed E-state index contributed by atoms with van der Waals surface area (Å²) in [5.41, 5.74) is 2.50. The van der Waals surface area contributed by atoms with E-state index in [2.05, 4.69) is 10.3 Å². The predicted octanol–water partition coefficient (Wildman–Crippen LogP) is 2.77. The van der Waals surface area contributed by atoms with Crippen LogP contribution in [0.15, 0.2) is 16.9 Å². The molecule has 6 nitrogen and oxygen atoms in total. The van der Waals surface area contributed by atoms with Gasteiger partial charge in [-0.1, -0.05) is 5.16 Å². The van der Waals surface area contributed by atoms with Crippen molar-refractivity contribution in [3.05, 3.63) is 34.4 Å². The molecule has 0 unspecified atom stereocenters. The van der Waals surface area contributed by atoms with Crippen LogP contribution in [0.25, 0.3) is 0 Å². The molecule has 124 valence electrons. The first-order valence-corrected chi connectivity index (χ1v) is 8.31. The van der Waals surface area contributed by atoms with Gasteiger partial charge in [0.15, 0.2) is 0 Å². The molecule has 1 fully saturated rings. The van der Waals surface area contributed by atoms with Gasteiger partial charge < -0.3 is 9.42 Å². The van der Waals surface area contributed by atoms with E-state index in [0.717, 1.165) is 37.9 Å². The molecule has 0 aromatic carbocycles. The Hall–Kier alpha value is -1.82. The van der Waals surface area contributed by atoms with Crippen molar-refractivity contribution in [1.29, 1.82) is 0 Å². The number of likely N-dealkylation sites (tertiary alicyclic amines) is 1. The van der Waals surface area contributed by atoms with Crippen LogP contribution in [0.3, 0.4) is 0 Å². The van der Waals surface area contributed by atoms with E-state index in [1.807, 2.05) is 28.9 Å². The van der Waals surface area contributed by atoms with Gasteiger partial charge in [-0.2, -0.15) is 5.10 Å². The smallest absolute Gasteiger partial charge is 0.229 e. The molecule has 2 aromatic heterocycles. The Kier molecular flexibility index (Phi) is 4.71.